The Balaban J connectivity index is 2.47. The van der Waals surface area contributed by atoms with Crippen LogP contribution in [-0.2, 0) is 0 Å². The molecule has 98 valence electrons. The Bertz CT molecular complexity index is 649. The summed E-state index contributed by atoms with van der Waals surface area (Å²) in [6, 6.07) is 7.80. The fourth-order valence-electron chi connectivity index (χ4n) is 1.45. The second kappa shape index (κ2) is 5.47. The number of nitro benzene ring substituents is 1. The lowest BCUT2D eigenvalue weighted by Gasteiger charge is -2.07. The minimum atomic E-state index is -1.27. The van der Waals surface area contributed by atoms with Gasteiger partial charge in [-0.3, -0.25) is 10.1 Å². The Hall–Kier alpha value is -1.77. The van der Waals surface area contributed by atoms with Crippen molar-refractivity contribution in [3.05, 3.63) is 61.7 Å². The number of benzene rings is 2. The quantitative estimate of drug-likeness (QED) is 0.456. The monoisotopic (exact) mass is 377 g/mol. The molecule has 4 nitrogen and oxygen atoms in total. The van der Waals surface area contributed by atoms with Crippen molar-refractivity contribution in [2.75, 3.05) is 0 Å². The summed E-state index contributed by atoms with van der Waals surface area (Å²) in [6.07, 6.45) is 0. The Kier molecular flexibility index (Phi) is 3.93. The van der Waals surface area contributed by atoms with E-state index < -0.39 is 28.0 Å². The van der Waals surface area contributed by atoms with Gasteiger partial charge in [0.25, 0.3) is 0 Å². The molecule has 0 saturated heterocycles. The third-order valence-corrected chi connectivity index (χ3v) is 2.87. The first-order chi connectivity index (χ1) is 8.97. The average Bonchev–Trinajstić information content (AvgIpc) is 2.26. The van der Waals surface area contributed by atoms with E-state index in [1.54, 1.807) is 18.2 Å². The summed E-state index contributed by atoms with van der Waals surface area (Å²) in [5.74, 6) is -2.42. The van der Waals surface area contributed by atoms with Crippen LogP contribution in [0.5, 0.6) is 11.5 Å². The molecule has 0 amide bonds. The maximum Gasteiger partial charge on any atom is 0.347 e. The highest BCUT2D eigenvalue weighted by molar-refractivity contribution is 14.1. The van der Waals surface area contributed by atoms with Gasteiger partial charge in [-0.2, -0.15) is 4.39 Å². The Morgan fingerprint density at radius 3 is 2.58 bits per heavy atom. The number of ether oxygens (including phenoxy) is 1. The molecule has 2 aromatic rings. The lowest BCUT2D eigenvalue weighted by atomic mass is 10.2. The van der Waals surface area contributed by atoms with Crippen molar-refractivity contribution < 1.29 is 18.4 Å². The number of halogens is 3. The molecule has 0 atom stereocenters. The summed E-state index contributed by atoms with van der Waals surface area (Å²) in [4.78, 5) is 9.83. The molecule has 7 heteroatoms. The molecule has 0 aliphatic carbocycles. The van der Waals surface area contributed by atoms with Crippen molar-refractivity contribution in [2.24, 2.45) is 0 Å². The molecule has 0 unspecified atom stereocenters. The number of nitrogens with zero attached hydrogens (tertiary/aromatic N) is 1. The zero-order valence-electron chi connectivity index (χ0n) is 9.27. The zero-order valence-corrected chi connectivity index (χ0v) is 11.4. The summed E-state index contributed by atoms with van der Waals surface area (Å²) in [5.41, 5.74) is -0.889. The Morgan fingerprint density at radius 1 is 1.21 bits per heavy atom. The lowest BCUT2D eigenvalue weighted by molar-refractivity contribution is -0.388. The van der Waals surface area contributed by atoms with Gasteiger partial charge >= 0.3 is 5.69 Å². The molecule has 0 N–H and O–H groups in total. The topological polar surface area (TPSA) is 52.4 Å². The van der Waals surface area contributed by atoms with Gasteiger partial charge in [-0.05, 0) is 40.8 Å². The fourth-order valence-corrected chi connectivity index (χ4v) is 1.97. The minimum absolute atomic E-state index is 0.264. The first-order valence-corrected chi connectivity index (χ1v) is 6.12. The standard InChI is InChI=1S/C12H6F2INO3/c13-7-4-10(14)12(16(17)18)11(5-7)19-9-3-1-2-8(15)6-9/h1-6H. The zero-order chi connectivity index (χ0) is 14.0. The maximum atomic E-state index is 13.4. The van der Waals surface area contributed by atoms with Crippen molar-refractivity contribution in [3.8, 4) is 11.5 Å². The molecule has 0 bridgehead atoms. The second-order valence-corrected chi connectivity index (χ2v) is 4.80. The van der Waals surface area contributed by atoms with E-state index in [2.05, 4.69) is 0 Å². The van der Waals surface area contributed by atoms with Crippen molar-refractivity contribution in [1.82, 2.24) is 0 Å². The SMILES string of the molecule is O=[N+]([O-])c1c(F)cc(F)cc1Oc1cccc(I)c1. The Labute approximate surface area is 120 Å². The molecule has 0 aliphatic rings. The Morgan fingerprint density at radius 2 is 1.95 bits per heavy atom. The van der Waals surface area contributed by atoms with Gasteiger partial charge in [-0.1, -0.05) is 6.07 Å². The molecule has 0 aliphatic heterocycles. The molecule has 0 heterocycles. The number of hydrogen-bond donors (Lipinski definition) is 0. The molecule has 19 heavy (non-hydrogen) atoms. The van der Waals surface area contributed by atoms with Crippen LogP contribution >= 0.6 is 22.6 Å². The highest BCUT2D eigenvalue weighted by Crippen LogP contribution is 2.34. The van der Waals surface area contributed by atoms with E-state index in [1.807, 2.05) is 22.6 Å². The van der Waals surface area contributed by atoms with E-state index in [1.165, 1.54) is 6.07 Å². The fraction of sp³-hybridized carbons (Fsp3) is 0. The predicted molar refractivity (Wildman–Crippen MR) is 72.2 cm³/mol. The van der Waals surface area contributed by atoms with Gasteiger partial charge in [-0.15, -0.1) is 0 Å². The molecule has 2 rings (SSSR count). The van der Waals surface area contributed by atoms with Crippen LogP contribution in [0.15, 0.2) is 36.4 Å². The maximum absolute atomic E-state index is 13.4. The van der Waals surface area contributed by atoms with Gasteiger partial charge in [0.1, 0.15) is 11.6 Å². The second-order valence-electron chi connectivity index (χ2n) is 3.55. The van der Waals surface area contributed by atoms with Crippen LogP contribution in [0, 0.1) is 25.3 Å². The summed E-state index contributed by atoms with van der Waals surface area (Å²) >= 11 is 2.02. The van der Waals surface area contributed by atoms with Gasteiger partial charge in [-0.25, -0.2) is 4.39 Å². The molecule has 0 radical (unpaired) electrons. The van der Waals surface area contributed by atoms with Gasteiger partial charge in [0.2, 0.25) is 11.6 Å². The van der Waals surface area contributed by atoms with E-state index in [4.69, 9.17) is 4.74 Å². The van der Waals surface area contributed by atoms with E-state index in [-0.39, 0.29) is 5.75 Å². The summed E-state index contributed by atoms with van der Waals surface area (Å²) in [6.45, 7) is 0. The molecule has 0 saturated carbocycles. The molecular formula is C12H6F2INO3. The van der Waals surface area contributed by atoms with Crippen LogP contribution in [0.3, 0.4) is 0 Å². The van der Waals surface area contributed by atoms with Gasteiger partial charge in [0.05, 0.1) is 4.92 Å². The van der Waals surface area contributed by atoms with Crippen LogP contribution in [0.1, 0.15) is 0 Å². The average molecular weight is 377 g/mol. The first-order valence-electron chi connectivity index (χ1n) is 5.04. The van der Waals surface area contributed by atoms with Gasteiger partial charge < -0.3 is 4.74 Å². The number of nitro groups is 1. The lowest BCUT2D eigenvalue weighted by Crippen LogP contribution is -1.98. The van der Waals surface area contributed by atoms with Crippen LogP contribution in [0.4, 0.5) is 14.5 Å². The van der Waals surface area contributed by atoms with Crippen molar-refractivity contribution in [3.63, 3.8) is 0 Å². The molecule has 2 aromatic carbocycles. The predicted octanol–water partition coefficient (Wildman–Crippen LogP) is 4.27. The summed E-state index contributed by atoms with van der Waals surface area (Å²) in [5, 5.41) is 10.8. The normalized spacial score (nSPS) is 10.3. The first kappa shape index (κ1) is 13.7. The van der Waals surface area contributed by atoms with Crippen molar-refractivity contribution >= 4 is 28.3 Å². The van der Waals surface area contributed by atoms with E-state index in [0.717, 1.165) is 9.64 Å². The van der Waals surface area contributed by atoms with Crippen molar-refractivity contribution in [1.29, 1.82) is 0 Å². The van der Waals surface area contributed by atoms with Crippen LogP contribution in [-0.4, -0.2) is 4.92 Å². The highest BCUT2D eigenvalue weighted by Gasteiger charge is 2.24. The molecule has 0 fully saturated rings. The van der Waals surface area contributed by atoms with E-state index >= 15 is 0 Å². The summed E-state index contributed by atoms with van der Waals surface area (Å²) in [7, 11) is 0. The van der Waals surface area contributed by atoms with Gasteiger partial charge in [0, 0.05) is 15.7 Å². The van der Waals surface area contributed by atoms with E-state index in [9.17, 15) is 18.9 Å². The smallest absolute Gasteiger partial charge is 0.347 e. The van der Waals surface area contributed by atoms with Crippen LogP contribution < -0.4 is 4.74 Å². The van der Waals surface area contributed by atoms with Crippen molar-refractivity contribution in [2.45, 2.75) is 0 Å². The molecule has 0 aromatic heterocycles. The molecular weight excluding hydrogens is 371 g/mol. The van der Waals surface area contributed by atoms with E-state index in [0.29, 0.717) is 6.07 Å². The van der Waals surface area contributed by atoms with Gasteiger partial charge in [0.15, 0.2) is 0 Å². The number of hydrogen-bond acceptors (Lipinski definition) is 3. The minimum Gasteiger partial charge on any atom is -0.450 e. The highest BCUT2D eigenvalue weighted by atomic mass is 127. The van der Waals surface area contributed by atoms with Crippen LogP contribution in [0.2, 0.25) is 0 Å². The van der Waals surface area contributed by atoms with Crippen LogP contribution in [0.25, 0.3) is 0 Å². The number of rotatable bonds is 3. The summed E-state index contributed by atoms with van der Waals surface area (Å²) < 4.78 is 32.5. The largest absolute Gasteiger partial charge is 0.450 e. The third-order valence-electron chi connectivity index (χ3n) is 2.20. The molecule has 0 spiro atoms. The third kappa shape index (κ3) is 3.16.